The van der Waals surface area contributed by atoms with Gasteiger partial charge in [-0.3, -0.25) is 0 Å². The number of carbonyl (C=O) groups is 2. The molecule has 0 aromatic heterocycles. The van der Waals surface area contributed by atoms with Crippen molar-refractivity contribution in [1.82, 2.24) is 10.2 Å². The fourth-order valence-electron chi connectivity index (χ4n) is 1.89. The van der Waals surface area contributed by atoms with Crippen LogP contribution in [-0.2, 0) is 9.53 Å². The molecule has 0 radical (unpaired) electrons. The van der Waals surface area contributed by atoms with Gasteiger partial charge in [-0.2, -0.15) is 0 Å². The SMILES string of the molecule is CCCNC(=O)N1CCCC[C@@H]1C(=O)OC. The lowest BCUT2D eigenvalue weighted by molar-refractivity contribution is -0.146. The molecule has 1 N–H and O–H groups in total. The summed E-state index contributed by atoms with van der Waals surface area (Å²) in [5, 5.41) is 2.79. The molecule has 0 spiro atoms. The molecule has 0 aromatic rings. The highest BCUT2D eigenvalue weighted by Crippen LogP contribution is 2.17. The summed E-state index contributed by atoms with van der Waals surface area (Å²) in [4.78, 5) is 24.9. The molecule has 16 heavy (non-hydrogen) atoms. The second-order valence-corrected chi connectivity index (χ2v) is 3.96. The molecule has 1 aliphatic rings. The van der Waals surface area contributed by atoms with Crippen molar-refractivity contribution in [2.45, 2.75) is 38.6 Å². The van der Waals surface area contributed by atoms with Gasteiger partial charge in [0.1, 0.15) is 6.04 Å². The predicted octanol–water partition coefficient (Wildman–Crippen LogP) is 1.13. The topological polar surface area (TPSA) is 58.6 Å². The Labute approximate surface area is 96.1 Å². The average molecular weight is 228 g/mol. The first-order valence-corrected chi connectivity index (χ1v) is 5.83. The number of hydrogen-bond donors (Lipinski definition) is 1. The zero-order valence-electron chi connectivity index (χ0n) is 9.99. The highest BCUT2D eigenvalue weighted by atomic mass is 16.5. The number of nitrogens with one attached hydrogen (secondary N) is 1. The summed E-state index contributed by atoms with van der Waals surface area (Å²) in [6, 6.07) is -0.562. The van der Waals surface area contributed by atoms with Gasteiger partial charge in [0.25, 0.3) is 0 Å². The third-order valence-corrected chi connectivity index (χ3v) is 2.76. The number of rotatable bonds is 3. The van der Waals surface area contributed by atoms with E-state index >= 15 is 0 Å². The van der Waals surface area contributed by atoms with Gasteiger partial charge in [-0.15, -0.1) is 0 Å². The van der Waals surface area contributed by atoms with Crippen molar-refractivity contribution in [3.05, 3.63) is 0 Å². The summed E-state index contributed by atoms with van der Waals surface area (Å²) in [5.41, 5.74) is 0. The van der Waals surface area contributed by atoms with Crippen molar-refractivity contribution in [3.8, 4) is 0 Å². The van der Waals surface area contributed by atoms with Crippen LogP contribution in [0.5, 0.6) is 0 Å². The second-order valence-electron chi connectivity index (χ2n) is 3.96. The van der Waals surface area contributed by atoms with Gasteiger partial charge in [0, 0.05) is 13.1 Å². The van der Waals surface area contributed by atoms with Crippen LogP contribution < -0.4 is 5.32 Å². The Morgan fingerprint density at radius 1 is 1.44 bits per heavy atom. The highest BCUT2D eigenvalue weighted by Gasteiger charge is 2.32. The van der Waals surface area contributed by atoms with Crippen molar-refractivity contribution in [2.75, 3.05) is 20.2 Å². The van der Waals surface area contributed by atoms with Crippen LogP contribution in [0.4, 0.5) is 4.79 Å². The fourth-order valence-corrected chi connectivity index (χ4v) is 1.89. The van der Waals surface area contributed by atoms with Crippen LogP contribution in [0.1, 0.15) is 32.6 Å². The third-order valence-electron chi connectivity index (χ3n) is 2.76. The van der Waals surface area contributed by atoms with Crippen LogP contribution in [0, 0.1) is 0 Å². The summed E-state index contributed by atoms with van der Waals surface area (Å²) >= 11 is 0. The van der Waals surface area contributed by atoms with Crippen molar-refractivity contribution in [2.24, 2.45) is 0 Å². The van der Waals surface area contributed by atoms with Gasteiger partial charge in [0.2, 0.25) is 0 Å². The molecule has 5 heteroatoms. The van der Waals surface area contributed by atoms with Crippen molar-refractivity contribution in [1.29, 1.82) is 0 Å². The van der Waals surface area contributed by atoms with E-state index in [0.717, 1.165) is 19.3 Å². The zero-order chi connectivity index (χ0) is 12.0. The number of likely N-dealkylation sites (tertiary alicyclic amines) is 1. The molecule has 0 unspecified atom stereocenters. The standard InChI is InChI=1S/C11H20N2O3/c1-3-7-12-11(15)13-8-5-4-6-9(13)10(14)16-2/h9H,3-8H2,1-2H3,(H,12,15)/t9-/m1/s1. The van der Waals surface area contributed by atoms with Crippen molar-refractivity contribution in [3.63, 3.8) is 0 Å². The van der Waals surface area contributed by atoms with Crippen molar-refractivity contribution >= 4 is 12.0 Å². The highest BCUT2D eigenvalue weighted by molar-refractivity contribution is 5.83. The van der Waals surface area contributed by atoms with Gasteiger partial charge in [-0.05, 0) is 25.7 Å². The molecule has 0 saturated carbocycles. The van der Waals surface area contributed by atoms with E-state index in [1.54, 1.807) is 4.90 Å². The van der Waals surface area contributed by atoms with E-state index in [1.165, 1.54) is 7.11 Å². The maximum absolute atomic E-state index is 11.8. The molecular weight excluding hydrogens is 208 g/mol. The quantitative estimate of drug-likeness (QED) is 0.737. The second kappa shape index (κ2) is 6.35. The van der Waals surface area contributed by atoms with Crippen LogP contribution in [0.3, 0.4) is 0 Å². The molecular formula is C11H20N2O3. The van der Waals surface area contributed by atoms with Gasteiger partial charge < -0.3 is 15.0 Å². The minimum Gasteiger partial charge on any atom is -0.467 e. The monoisotopic (exact) mass is 228 g/mol. The Hall–Kier alpha value is -1.26. The molecule has 1 atom stereocenters. The van der Waals surface area contributed by atoms with E-state index in [-0.39, 0.29) is 12.0 Å². The van der Waals surface area contributed by atoms with Gasteiger partial charge in [0.15, 0.2) is 0 Å². The summed E-state index contributed by atoms with van der Waals surface area (Å²) in [6.45, 7) is 3.27. The molecule has 1 saturated heterocycles. The zero-order valence-corrected chi connectivity index (χ0v) is 9.99. The Morgan fingerprint density at radius 3 is 2.81 bits per heavy atom. The number of urea groups is 1. The number of nitrogens with zero attached hydrogens (tertiary/aromatic N) is 1. The van der Waals surface area contributed by atoms with Crippen LogP contribution >= 0.6 is 0 Å². The number of esters is 1. The van der Waals surface area contributed by atoms with Gasteiger partial charge >= 0.3 is 12.0 Å². The minimum absolute atomic E-state index is 0.156. The summed E-state index contributed by atoms with van der Waals surface area (Å²) < 4.78 is 4.71. The van der Waals surface area contributed by atoms with E-state index in [0.29, 0.717) is 19.5 Å². The molecule has 92 valence electrons. The summed E-state index contributed by atoms with van der Waals surface area (Å²) in [5.74, 6) is -0.314. The Balaban J connectivity index is 2.59. The molecule has 5 nitrogen and oxygen atoms in total. The minimum atomic E-state index is -0.407. The first-order chi connectivity index (χ1) is 7.70. The average Bonchev–Trinajstić information content (AvgIpc) is 2.35. The van der Waals surface area contributed by atoms with E-state index in [2.05, 4.69) is 5.32 Å². The third kappa shape index (κ3) is 3.12. The molecule has 1 rings (SSSR count). The predicted molar refractivity (Wildman–Crippen MR) is 60.1 cm³/mol. The molecule has 2 amide bonds. The van der Waals surface area contributed by atoms with Crippen molar-refractivity contribution < 1.29 is 14.3 Å². The van der Waals surface area contributed by atoms with E-state index in [9.17, 15) is 9.59 Å². The number of ether oxygens (including phenoxy) is 1. The van der Waals surface area contributed by atoms with Crippen LogP contribution in [-0.4, -0.2) is 43.1 Å². The number of carbonyl (C=O) groups excluding carboxylic acids is 2. The first-order valence-electron chi connectivity index (χ1n) is 5.83. The Kier molecular flexibility index (Phi) is 5.08. The normalized spacial score (nSPS) is 20.4. The Morgan fingerprint density at radius 2 is 2.19 bits per heavy atom. The van der Waals surface area contributed by atoms with Crippen LogP contribution in [0.15, 0.2) is 0 Å². The maximum atomic E-state index is 11.8. The molecule has 1 aliphatic heterocycles. The lowest BCUT2D eigenvalue weighted by atomic mass is 10.0. The summed E-state index contributed by atoms with van der Waals surface area (Å²) in [6.07, 6.45) is 3.51. The molecule has 1 heterocycles. The van der Waals surface area contributed by atoms with Crippen LogP contribution in [0.25, 0.3) is 0 Å². The Bertz CT molecular complexity index is 256. The lowest BCUT2D eigenvalue weighted by Gasteiger charge is -2.33. The summed E-state index contributed by atoms with van der Waals surface area (Å²) in [7, 11) is 1.36. The van der Waals surface area contributed by atoms with Crippen LogP contribution in [0.2, 0.25) is 0 Å². The number of piperidine rings is 1. The lowest BCUT2D eigenvalue weighted by Crippen LogP contribution is -2.52. The molecule has 0 aliphatic carbocycles. The van der Waals surface area contributed by atoms with E-state index < -0.39 is 6.04 Å². The van der Waals surface area contributed by atoms with E-state index in [4.69, 9.17) is 4.74 Å². The fraction of sp³-hybridized carbons (Fsp3) is 0.818. The maximum Gasteiger partial charge on any atom is 0.328 e. The molecule has 0 bridgehead atoms. The molecule has 0 aromatic carbocycles. The number of hydrogen-bond acceptors (Lipinski definition) is 3. The van der Waals surface area contributed by atoms with Gasteiger partial charge in [-0.1, -0.05) is 6.92 Å². The number of amides is 2. The van der Waals surface area contributed by atoms with Gasteiger partial charge in [-0.25, -0.2) is 9.59 Å². The van der Waals surface area contributed by atoms with E-state index in [1.807, 2.05) is 6.92 Å². The first kappa shape index (κ1) is 12.8. The molecule has 1 fully saturated rings. The van der Waals surface area contributed by atoms with Gasteiger partial charge in [0.05, 0.1) is 7.11 Å². The largest absolute Gasteiger partial charge is 0.467 e. The number of methoxy groups -OCH3 is 1. The smallest absolute Gasteiger partial charge is 0.328 e.